The molecule has 1 aromatic heterocycles. The van der Waals surface area contributed by atoms with Gasteiger partial charge in [-0.3, -0.25) is 4.68 Å². The number of urea groups is 1. The molecule has 21 heavy (non-hydrogen) atoms. The smallest absolute Gasteiger partial charge is 0.331 e. The van der Waals surface area contributed by atoms with Gasteiger partial charge in [0.25, 0.3) is 0 Å². The zero-order valence-electron chi connectivity index (χ0n) is 12.7. The molecule has 1 heterocycles. The van der Waals surface area contributed by atoms with Crippen molar-refractivity contribution < 1.29 is 14.7 Å². The number of aromatic nitrogens is 2. The molecule has 0 aromatic carbocycles. The van der Waals surface area contributed by atoms with Gasteiger partial charge in [-0.05, 0) is 12.7 Å². The Kier molecular flexibility index (Phi) is 6.54. The number of amides is 2. The molecule has 0 fully saturated rings. The first-order valence-corrected chi connectivity index (χ1v) is 8.03. The van der Waals surface area contributed by atoms with E-state index in [2.05, 4.69) is 10.4 Å². The minimum atomic E-state index is -1.11. The second kappa shape index (κ2) is 7.92. The van der Waals surface area contributed by atoms with Crippen molar-refractivity contribution in [3.63, 3.8) is 0 Å². The number of carbonyl (C=O) groups is 2. The molecule has 0 saturated carbocycles. The second-order valence-corrected chi connectivity index (χ2v) is 5.71. The van der Waals surface area contributed by atoms with Crippen LogP contribution in [-0.2, 0) is 11.8 Å². The summed E-state index contributed by atoms with van der Waals surface area (Å²) in [6, 6.07) is -1.42. The van der Waals surface area contributed by atoms with Gasteiger partial charge in [0.1, 0.15) is 0 Å². The molecule has 2 unspecified atom stereocenters. The minimum absolute atomic E-state index is 0.0725. The molecule has 2 N–H and O–H groups in total. The van der Waals surface area contributed by atoms with Gasteiger partial charge in [-0.2, -0.15) is 16.9 Å². The number of rotatable bonds is 7. The van der Waals surface area contributed by atoms with Crippen LogP contribution in [0.25, 0.3) is 0 Å². The summed E-state index contributed by atoms with van der Waals surface area (Å²) in [5, 5.41) is 15.8. The van der Waals surface area contributed by atoms with Crippen molar-refractivity contribution in [2.24, 2.45) is 7.05 Å². The first kappa shape index (κ1) is 17.4. The van der Waals surface area contributed by atoms with Crippen LogP contribution in [0.1, 0.15) is 24.9 Å². The minimum Gasteiger partial charge on any atom is -0.479 e. The molecule has 1 aromatic rings. The molecular formula is C13H22N4O3S. The average molecular weight is 314 g/mol. The molecule has 1 rings (SSSR count). The van der Waals surface area contributed by atoms with E-state index in [1.54, 1.807) is 37.0 Å². The van der Waals surface area contributed by atoms with Crippen LogP contribution in [0, 0.1) is 0 Å². The number of hydrogen-bond acceptors (Lipinski definition) is 4. The van der Waals surface area contributed by atoms with Crippen LogP contribution in [0.5, 0.6) is 0 Å². The van der Waals surface area contributed by atoms with Gasteiger partial charge < -0.3 is 15.3 Å². The molecule has 0 radical (unpaired) electrons. The van der Waals surface area contributed by atoms with Crippen molar-refractivity contribution in [2.75, 3.05) is 19.1 Å². The SMILES string of the molecule is CCC(CSC)N(C)C(=O)NC(C(=O)O)c1cnn(C)c1. The number of nitrogens with one attached hydrogen (secondary N) is 1. The molecule has 2 amide bonds. The largest absolute Gasteiger partial charge is 0.479 e. The van der Waals surface area contributed by atoms with Crippen LogP contribution in [-0.4, -0.2) is 56.9 Å². The summed E-state index contributed by atoms with van der Waals surface area (Å²) >= 11 is 1.65. The fourth-order valence-corrected chi connectivity index (χ4v) is 2.81. The highest BCUT2D eigenvalue weighted by Crippen LogP contribution is 2.14. The maximum absolute atomic E-state index is 12.2. The van der Waals surface area contributed by atoms with Crippen molar-refractivity contribution in [1.82, 2.24) is 20.0 Å². The Morgan fingerprint density at radius 3 is 2.67 bits per heavy atom. The number of carboxylic acid groups (broad SMARTS) is 1. The van der Waals surface area contributed by atoms with E-state index in [1.807, 2.05) is 13.2 Å². The van der Waals surface area contributed by atoms with Crippen LogP contribution < -0.4 is 5.32 Å². The Morgan fingerprint density at radius 1 is 1.57 bits per heavy atom. The fourth-order valence-electron chi connectivity index (χ4n) is 1.96. The van der Waals surface area contributed by atoms with E-state index in [-0.39, 0.29) is 6.04 Å². The summed E-state index contributed by atoms with van der Waals surface area (Å²) in [6.45, 7) is 2.00. The Balaban J connectivity index is 2.79. The lowest BCUT2D eigenvalue weighted by atomic mass is 10.1. The van der Waals surface area contributed by atoms with Crippen LogP contribution in [0.2, 0.25) is 0 Å². The van der Waals surface area contributed by atoms with Gasteiger partial charge in [-0.15, -0.1) is 0 Å². The highest BCUT2D eigenvalue weighted by atomic mass is 32.2. The predicted molar refractivity (Wildman–Crippen MR) is 82.3 cm³/mol. The summed E-state index contributed by atoms with van der Waals surface area (Å²) in [5.41, 5.74) is 0.449. The van der Waals surface area contributed by atoms with Gasteiger partial charge in [0.15, 0.2) is 6.04 Å². The third kappa shape index (κ3) is 4.66. The molecule has 2 atom stereocenters. The zero-order chi connectivity index (χ0) is 16.0. The first-order valence-electron chi connectivity index (χ1n) is 6.64. The summed E-state index contributed by atoms with van der Waals surface area (Å²) in [7, 11) is 3.38. The standard InChI is InChI=1S/C13H22N4O3S/c1-5-10(8-21-4)17(3)13(20)15-11(12(18)19)9-6-14-16(2)7-9/h6-7,10-11H,5,8H2,1-4H3,(H,15,20)(H,18,19). The van der Waals surface area contributed by atoms with Crippen molar-refractivity contribution in [3.8, 4) is 0 Å². The summed E-state index contributed by atoms with van der Waals surface area (Å²) < 4.78 is 1.50. The molecule has 8 heteroatoms. The Labute approximate surface area is 128 Å². The Morgan fingerprint density at radius 2 is 2.24 bits per heavy atom. The lowest BCUT2D eigenvalue weighted by molar-refractivity contribution is -0.139. The van der Waals surface area contributed by atoms with E-state index in [4.69, 9.17) is 0 Å². The molecular weight excluding hydrogens is 292 g/mol. The molecule has 0 spiro atoms. The van der Waals surface area contributed by atoms with Crippen LogP contribution >= 0.6 is 11.8 Å². The van der Waals surface area contributed by atoms with E-state index in [0.717, 1.165) is 12.2 Å². The van der Waals surface area contributed by atoms with Crippen LogP contribution in [0.15, 0.2) is 12.4 Å². The summed E-state index contributed by atoms with van der Waals surface area (Å²) in [5.74, 6) is -0.298. The Bertz CT molecular complexity index is 492. The van der Waals surface area contributed by atoms with Gasteiger partial charge in [-0.1, -0.05) is 6.92 Å². The summed E-state index contributed by atoms with van der Waals surface area (Å²) in [4.78, 5) is 25.1. The third-order valence-electron chi connectivity index (χ3n) is 3.27. The maximum atomic E-state index is 12.2. The van der Waals surface area contributed by atoms with Gasteiger partial charge in [0, 0.05) is 37.7 Å². The monoisotopic (exact) mass is 314 g/mol. The molecule has 118 valence electrons. The number of aryl methyl sites for hydroxylation is 1. The lowest BCUT2D eigenvalue weighted by Crippen LogP contribution is -2.47. The van der Waals surface area contributed by atoms with Crippen molar-refractivity contribution in [2.45, 2.75) is 25.4 Å². The van der Waals surface area contributed by atoms with Gasteiger partial charge in [0.2, 0.25) is 0 Å². The first-order chi connectivity index (χ1) is 9.90. The molecule has 0 bridgehead atoms. The zero-order valence-corrected chi connectivity index (χ0v) is 13.6. The van der Waals surface area contributed by atoms with Gasteiger partial charge >= 0.3 is 12.0 Å². The van der Waals surface area contributed by atoms with Gasteiger partial charge in [0.05, 0.1) is 6.20 Å². The predicted octanol–water partition coefficient (Wildman–Crippen LogP) is 1.33. The number of hydrogen-bond donors (Lipinski definition) is 2. The van der Waals surface area contributed by atoms with Crippen LogP contribution in [0.3, 0.4) is 0 Å². The number of carbonyl (C=O) groups excluding carboxylic acids is 1. The quantitative estimate of drug-likeness (QED) is 0.793. The molecule has 0 aliphatic rings. The topological polar surface area (TPSA) is 87.5 Å². The van der Waals surface area contributed by atoms with Crippen molar-refractivity contribution in [1.29, 1.82) is 0 Å². The number of thioether (sulfide) groups is 1. The second-order valence-electron chi connectivity index (χ2n) is 4.80. The number of nitrogens with zero attached hydrogens (tertiary/aromatic N) is 3. The normalized spacial score (nSPS) is 13.5. The third-order valence-corrected chi connectivity index (χ3v) is 3.99. The molecule has 0 aliphatic heterocycles. The van der Waals surface area contributed by atoms with Crippen molar-refractivity contribution >= 4 is 23.8 Å². The number of aliphatic carboxylic acids is 1. The van der Waals surface area contributed by atoms with E-state index >= 15 is 0 Å². The molecule has 0 saturated heterocycles. The highest BCUT2D eigenvalue weighted by molar-refractivity contribution is 7.98. The molecule has 7 nitrogen and oxygen atoms in total. The van der Waals surface area contributed by atoms with E-state index < -0.39 is 18.0 Å². The highest BCUT2D eigenvalue weighted by Gasteiger charge is 2.26. The van der Waals surface area contributed by atoms with Gasteiger partial charge in [-0.25, -0.2) is 9.59 Å². The summed E-state index contributed by atoms with van der Waals surface area (Å²) in [6.07, 6.45) is 5.82. The Hall–Kier alpha value is -1.70. The average Bonchev–Trinajstić information content (AvgIpc) is 2.86. The van der Waals surface area contributed by atoms with E-state index in [0.29, 0.717) is 5.56 Å². The lowest BCUT2D eigenvalue weighted by Gasteiger charge is -2.28. The van der Waals surface area contributed by atoms with E-state index in [9.17, 15) is 14.7 Å². The molecule has 0 aliphatic carbocycles. The fraction of sp³-hybridized carbons (Fsp3) is 0.615. The van der Waals surface area contributed by atoms with Crippen molar-refractivity contribution in [3.05, 3.63) is 18.0 Å². The van der Waals surface area contributed by atoms with Crippen LogP contribution in [0.4, 0.5) is 4.79 Å². The maximum Gasteiger partial charge on any atom is 0.331 e. The number of carboxylic acids is 1. The van der Waals surface area contributed by atoms with E-state index in [1.165, 1.54) is 10.9 Å².